The standard InChI is InChI=1S/C24H25NO6/c1-4-29-20-10-6-17(7-11-20)9-13-23(26)31-21-12-8-18(15-22(21)28-3)14-19(16-25)24(27)30-5-2/h6-8,10-12,14-15H,4-5,9,13H2,1-3H3/b19-14+. The van der Waals surface area contributed by atoms with Crippen LogP contribution in [0, 0.1) is 11.3 Å². The minimum Gasteiger partial charge on any atom is -0.494 e. The molecule has 0 spiro atoms. The lowest BCUT2D eigenvalue weighted by molar-refractivity contribution is -0.138. The van der Waals surface area contributed by atoms with Crippen molar-refractivity contribution in [2.45, 2.75) is 26.7 Å². The third-order valence-electron chi connectivity index (χ3n) is 4.19. The number of carbonyl (C=O) groups is 2. The van der Waals surface area contributed by atoms with Crippen LogP contribution in [-0.2, 0) is 20.7 Å². The zero-order valence-corrected chi connectivity index (χ0v) is 17.8. The number of rotatable bonds is 10. The smallest absolute Gasteiger partial charge is 0.348 e. The molecule has 0 N–H and O–H groups in total. The minimum atomic E-state index is -0.700. The van der Waals surface area contributed by atoms with E-state index in [9.17, 15) is 9.59 Å². The Morgan fingerprint density at radius 2 is 1.77 bits per heavy atom. The molecule has 2 aromatic rings. The van der Waals surface area contributed by atoms with Gasteiger partial charge in [0.2, 0.25) is 0 Å². The van der Waals surface area contributed by atoms with E-state index in [1.165, 1.54) is 13.2 Å². The highest BCUT2D eigenvalue weighted by atomic mass is 16.6. The Bertz CT molecular complexity index is 973. The average molecular weight is 423 g/mol. The molecule has 0 aliphatic rings. The third kappa shape index (κ3) is 7.19. The van der Waals surface area contributed by atoms with Crippen LogP contribution in [0.3, 0.4) is 0 Å². The van der Waals surface area contributed by atoms with Gasteiger partial charge in [-0.1, -0.05) is 18.2 Å². The second-order valence-electron chi connectivity index (χ2n) is 6.35. The third-order valence-corrected chi connectivity index (χ3v) is 4.19. The number of ether oxygens (including phenoxy) is 4. The predicted octanol–water partition coefficient (Wildman–Crippen LogP) is 4.10. The second kappa shape index (κ2) is 12.0. The van der Waals surface area contributed by atoms with Crippen molar-refractivity contribution < 1.29 is 28.5 Å². The van der Waals surface area contributed by atoms with Crippen LogP contribution < -0.4 is 14.2 Å². The van der Waals surface area contributed by atoms with Gasteiger partial charge in [0.25, 0.3) is 0 Å². The molecule has 2 rings (SSSR count). The van der Waals surface area contributed by atoms with Crippen molar-refractivity contribution in [3.8, 4) is 23.3 Å². The summed E-state index contributed by atoms with van der Waals surface area (Å²) in [6.07, 6.45) is 2.11. The quantitative estimate of drug-likeness (QED) is 0.246. The molecule has 2 aromatic carbocycles. The van der Waals surface area contributed by atoms with Crippen LogP contribution in [0.5, 0.6) is 17.2 Å². The molecule has 0 heterocycles. The molecule has 31 heavy (non-hydrogen) atoms. The molecule has 0 aliphatic carbocycles. The fraction of sp³-hybridized carbons (Fsp3) is 0.292. The highest BCUT2D eigenvalue weighted by Crippen LogP contribution is 2.29. The van der Waals surface area contributed by atoms with Gasteiger partial charge in [-0.15, -0.1) is 0 Å². The van der Waals surface area contributed by atoms with Crippen LogP contribution in [-0.4, -0.2) is 32.3 Å². The molecule has 0 unspecified atom stereocenters. The highest BCUT2D eigenvalue weighted by Gasteiger charge is 2.13. The van der Waals surface area contributed by atoms with E-state index < -0.39 is 11.9 Å². The van der Waals surface area contributed by atoms with Crippen LogP contribution in [0.1, 0.15) is 31.4 Å². The molecular formula is C24H25NO6. The fourth-order valence-corrected chi connectivity index (χ4v) is 2.71. The number of benzene rings is 2. The van der Waals surface area contributed by atoms with Gasteiger partial charge in [-0.3, -0.25) is 4.79 Å². The van der Waals surface area contributed by atoms with E-state index in [2.05, 4.69) is 0 Å². The first-order valence-electron chi connectivity index (χ1n) is 9.90. The first-order chi connectivity index (χ1) is 15.0. The van der Waals surface area contributed by atoms with Gasteiger partial charge in [0.15, 0.2) is 11.5 Å². The van der Waals surface area contributed by atoms with Crippen molar-refractivity contribution in [2.24, 2.45) is 0 Å². The summed E-state index contributed by atoms with van der Waals surface area (Å²) in [6.45, 7) is 4.36. The maximum absolute atomic E-state index is 12.3. The number of nitriles is 1. The number of hydrogen-bond donors (Lipinski definition) is 0. The Morgan fingerprint density at radius 3 is 2.39 bits per heavy atom. The van der Waals surface area contributed by atoms with E-state index in [0.717, 1.165) is 11.3 Å². The molecule has 0 fully saturated rings. The molecule has 7 nitrogen and oxygen atoms in total. The molecule has 7 heteroatoms. The molecule has 162 valence electrons. The average Bonchev–Trinajstić information content (AvgIpc) is 2.78. The van der Waals surface area contributed by atoms with Gasteiger partial charge in [-0.2, -0.15) is 5.26 Å². The Kier molecular flexibility index (Phi) is 9.12. The molecule has 0 saturated carbocycles. The summed E-state index contributed by atoms with van der Waals surface area (Å²) in [7, 11) is 1.44. The lowest BCUT2D eigenvalue weighted by Crippen LogP contribution is -2.10. The topological polar surface area (TPSA) is 94.9 Å². The summed E-state index contributed by atoms with van der Waals surface area (Å²) in [5, 5.41) is 9.15. The number of carbonyl (C=O) groups excluding carboxylic acids is 2. The number of esters is 2. The van der Waals surface area contributed by atoms with E-state index in [1.54, 1.807) is 25.1 Å². The van der Waals surface area contributed by atoms with Gasteiger partial charge < -0.3 is 18.9 Å². The van der Waals surface area contributed by atoms with E-state index in [-0.39, 0.29) is 24.4 Å². The highest BCUT2D eigenvalue weighted by molar-refractivity contribution is 5.98. The summed E-state index contributed by atoms with van der Waals surface area (Å²) >= 11 is 0. The van der Waals surface area contributed by atoms with Crippen molar-refractivity contribution in [2.75, 3.05) is 20.3 Å². The van der Waals surface area contributed by atoms with Crippen molar-refractivity contribution in [1.29, 1.82) is 5.26 Å². The first-order valence-corrected chi connectivity index (χ1v) is 9.90. The molecule has 0 aliphatic heterocycles. The van der Waals surface area contributed by atoms with Crippen LogP contribution in [0.2, 0.25) is 0 Å². The SMILES string of the molecule is CCOC(=O)/C(C#N)=C/c1ccc(OC(=O)CCc2ccc(OCC)cc2)c(OC)c1. The van der Waals surface area contributed by atoms with Crippen molar-refractivity contribution >= 4 is 18.0 Å². The summed E-state index contributed by atoms with van der Waals surface area (Å²) in [4.78, 5) is 24.0. The largest absolute Gasteiger partial charge is 0.494 e. The number of methoxy groups -OCH3 is 1. The monoisotopic (exact) mass is 423 g/mol. The zero-order valence-electron chi connectivity index (χ0n) is 17.8. The Balaban J connectivity index is 2.03. The fourth-order valence-electron chi connectivity index (χ4n) is 2.71. The van der Waals surface area contributed by atoms with Gasteiger partial charge in [-0.05, 0) is 61.7 Å². The van der Waals surface area contributed by atoms with Crippen LogP contribution >= 0.6 is 0 Å². The van der Waals surface area contributed by atoms with Crippen LogP contribution in [0.25, 0.3) is 6.08 Å². The second-order valence-corrected chi connectivity index (χ2v) is 6.35. The normalized spacial score (nSPS) is 10.7. The summed E-state index contributed by atoms with van der Waals surface area (Å²) < 4.78 is 21.0. The van der Waals surface area contributed by atoms with Crippen molar-refractivity contribution in [1.82, 2.24) is 0 Å². The van der Waals surface area contributed by atoms with Gasteiger partial charge in [-0.25, -0.2) is 4.79 Å². The summed E-state index contributed by atoms with van der Waals surface area (Å²) in [6, 6.07) is 14.1. The lowest BCUT2D eigenvalue weighted by Gasteiger charge is -2.10. The van der Waals surface area contributed by atoms with E-state index in [1.807, 2.05) is 37.3 Å². The number of aryl methyl sites for hydroxylation is 1. The maximum atomic E-state index is 12.3. The van der Waals surface area contributed by atoms with Crippen LogP contribution in [0.15, 0.2) is 48.0 Å². The van der Waals surface area contributed by atoms with E-state index in [4.69, 9.17) is 24.2 Å². The van der Waals surface area contributed by atoms with Gasteiger partial charge in [0.1, 0.15) is 17.4 Å². The molecule has 0 saturated heterocycles. The Morgan fingerprint density at radius 1 is 1.03 bits per heavy atom. The van der Waals surface area contributed by atoms with Crippen LogP contribution in [0.4, 0.5) is 0 Å². The van der Waals surface area contributed by atoms with Crippen molar-refractivity contribution in [3.05, 3.63) is 59.2 Å². The minimum absolute atomic E-state index is 0.135. The van der Waals surface area contributed by atoms with Gasteiger partial charge in [0, 0.05) is 6.42 Å². The summed E-state index contributed by atoms with van der Waals surface area (Å²) in [5.74, 6) is 0.249. The van der Waals surface area contributed by atoms with E-state index >= 15 is 0 Å². The van der Waals surface area contributed by atoms with Gasteiger partial charge >= 0.3 is 11.9 Å². The van der Waals surface area contributed by atoms with Crippen molar-refractivity contribution in [3.63, 3.8) is 0 Å². The Labute approximate surface area is 181 Å². The molecule has 0 atom stereocenters. The predicted molar refractivity (Wildman–Crippen MR) is 115 cm³/mol. The van der Waals surface area contributed by atoms with E-state index in [0.29, 0.717) is 24.3 Å². The lowest BCUT2D eigenvalue weighted by atomic mass is 10.1. The first kappa shape index (κ1) is 23.5. The molecule has 0 amide bonds. The maximum Gasteiger partial charge on any atom is 0.348 e. The van der Waals surface area contributed by atoms with Gasteiger partial charge in [0.05, 0.1) is 20.3 Å². The Hall–Kier alpha value is -3.79. The molecule has 0 radical (unpaired) electrons. The molecule has 0 aromatic heterocycles. The number of nitrogens with zero attached hydrogens (tertiary/aromatic N) is 1. The molecular weight excluding hydrogens is 398 g/mol. The summed E-state index contributed by atoms with van der Waals surface area (Å²) in [5.41, 5.74) is 1.40. The zero-order chi connectivity index (χ0) is 22.6. The molecule has 0 bridgehead atoms. The number of hydrogen-bond acceptors (Lipinski definition) is 7.